The smallest absolute Gasteiger partial charge is 0.263 e. The van der Waals surface area contributed by atoms with Crippen LogP contribution in [0, 0.1) is 0 Å². The first-order valence-electron chi connectivity index (χ1n) is 7.21. The molecule has 0 atom stereocenters. The van der Waals surface area contributed by atoms with E-state index < -0.39 is 0 Å². The predicted molar refractivity (Wildman–Crippen MR) is 99.4 cm³/mol. The van der Waals surface area contributed by atoms with Crippen LogP contribution in [0.15, 0.2) is 52.3 Å². The van der Waals surface area contributed by atoms with Crippen LogP contribution in [0.4, 0.5) is 0 Å². The van der Waals surface area contributed by atoms with Crippen LogP contribution in [0.5, 0.6) is 11.5 Å². The molecule has 0 aliphatic heterocycles. The molecule has 6 heteroatoms. The maximum atomic E-state index is 13.1. The van der Waals surface area contributed by atoms with E-state index in [0.29, 0.717) is 27.6 Å². The van der Waals surface area contributed by atoms with E-state index in [1.54, 1.807) is 23.8 Å². The first kappa shape index (κ1) is 16.7. The second kappa shape index (κ2) is 6.79. The van der Waals surface area contributed by atoms with Gasteiger partial charge in [0, 0.05) is 17.5 Å². The SMILES string of the molecule is COc1cc(-n2c(SC)cc3ccccc3c2=O)c(OC)cc1Cl. The lowest BCUT2D eigenvalue weighted by Gasteiger charge is -2.17. The fraction of sp³-hybridized carbons (Fsp3) is 0.167. The monoisotopic (exact) mass is 361 g/mol. The zero-order valence-corrected chi connectivity index (χ0v) is 15.1. The van der Waals surface area contributed by atoms with Gasteiger partial charge in [-0.05, 0) is 23.8 Å². The van der Waals surface area contributed by atoms with Crippen molar-refractivity contribution in [2.45, 2.75) is 5.03 Å². The predicted octanol–water partition coefficient (Wildman–Crippen LogP) is 4.38. The molecule has 3 aromatic rings. The van der Waals surface area contributed by atoms with Crippen molar-refractivity contribution >= 4 is 34.1 Å². The highest BCUT2D eigenvalue weighted by Crippen LogP contribution is 2.36. The molecule has 124 valence electrons. The van der Waals surface area contributed by atoms with E-state index >= 15 is 0 Å². The Morgan fingerprint density at radius 3 is 2.42 bits per heavy atom. The number of ether oxygens (including phenoxy) is 2. The second-order valence-electron chi connectivity index (χ2n) is 5.07. The molecule has 0 aliphatic rings. The lowest BCUT2D eigenvalue weighted by molar-refractivity contribution is 0.401. The Labute approximate surface area is 149 Å². The van der Waals surface area contributed by atoms with Crippen molar-refractivity contribution in [3.05, 3.63) is 57.8 Å². The zero-order chi connectivity index (χ0) is 17.3. The first-order valence-corrected chi connectivity index (χ1v) is 8.81. The number of rotatable bonds is 4. The van der Waals surface area contributed by atoms with Gasteiger partial charge in [0.15, 0.2) is 0 Å². The molecule has 0 saturated heterocycles. The molecule has 3 rings (SSSR count). The molecule has 4 nitrogen and oxygen atoms in total. The number of thioether (sulfide) groups is 1. The average Bonchev–Trinajstić information content (AvgIpc) is 2.61. The summed E-state index contributed by atoms with van der Waals surface area (Å²) in [4.78, 5) is 13.1. The summed E-state index contributed by atoms with van der Waals surface area (Å²) in [6.45, 7) is 0. The minimum absolute atomic E-state index is 0.111. The molecular formula is C18H16ClNO3S. The lowest BCUT2D eigenvalue weighted by Crippen LogP contribution is -2.20. The van der Waals surface area contributed by atoms with Gasteiger partial charge in [-0.15, -0.1) is 11.8 Å². The summed E-state index contributed by atoms with van der Waals surface area (Å²) in [6.07, 6.45) is 1.93. The quantitative estimate of drug-likeness (QED) is 0.646. The molecule has 1 heterocycles. The van der Waals surface area contributed by atoms with Gasteiger partial charge in [0.2, 0.25) is 0 Å². The van der Waals surface area contributed by atoms with Gasteiger partial charge in [0.05, 0.1) is 30.0 Å². The second-order valence-corrected chi connectivity index (χ2v) is 6.31. The Morgan fingerprint density at radius 2 is 1.75 bits per heavy atom. The van der Waals surface area contributed by atoms with Crippen LogP contribution in [0.1, 0.15) is 0 Å². The maximum Gasteiger partial charge on any atom is 0.263 e. The summed E-state index contributed by atoms with van der Waals surface area (Å²) in [5.41, 5.74) is 0.485. The van der Waals surface area contributed by atoms with Crippen LogP contribution in [0.25, 0.3) is 16.5 Å². The fourth-order valence-electron chi connectivity index (χ4n) is 2.63. The van der Waals surface area contributed by atoms with Crippen molar-refractivity contribution in [1.29, 1.82) is 0 Å². The molecule has 0 radical (unpaired) electrons. The molecule has 0 unspecified atom stereocenters. The van der Waals surface area contributed by atoms with E-state index in [1.165, 1.54) is 18.9 Å². The van der Waals surface area contributed by atoms with Crippen molar-refractivity contribution in [1.82, 2.24) is 4.57 Å². The largest absolute Gasteiger partial charge is 0.495 e. The highest BCUT2D eigenvalue weighted by atomic mass is 35.5. The highest BCUT2D eigenvalue weighted by molar-refractivity contribution is 7.98. The molecule has 0 saturated carbocycles. The molecule has 1 aromatic heterocycles. The average molecular weight is 362 g/mol. The topological polar surface area (TPSA) is 40.5 Å². The summed E-state index contributed by atoms with van der Waals surface area (Å²) in [7, 11) is 3.09. The van der Waals surface area contributed by atoms with Gasteiger partial charge in [-0.3, -0.25) is 9.36 Å². The standard InChI is InChI=1S/C18H16ClNO3S/c1-22-15-10-14(16(23-2)9-13(15)19)20-17(24-3)8-11-6-4-5-7-12(11)18(20)21/h4-10H,1-3H3. The van der Waals surface area contributed by atoms with Gasteiger partial charge in [0.1, 0.15) is 11.5 Å². The van der Waals surface area contributed by atoms with Gasteiger partial charge in [0.25, 0.3) is 5.56 Å². The number of hydrogen-bond donors (Lipinski definition) is 0. The summed E-state index contributed by atoms with van der Waals surface area (Å²) < 4.78 is 12.4. The lowest BCUT2D eigenvalue weighted by atomic mass is 10.1. The number of hydrogen-bond acceptors (Lipinski definition) is 4. The third kappa shape index (κ3) is 2.74. The third-order valence-corrected chi connectivity index (χ3v) is 4.81. The van der Waals surface area contributed by atoms with Crippen molar-refractivity contribution in [3.63, 3.8) is 0 Å². The summed E-state index contributed by atoms with van der Waals surface area (Å²) in [6, 6.07) is 12.9. The minimum Gasteiger partial charge on any atom is -0.495 e. The van der Waals surface area contributed by atoms with Crippen molar-refractivity contribution in [2.75, 3.05) is 20.5 Å². The number of benzene rings is 2. The number of aromatic nitrogens is 1. The molecule has 0 aliphatic carbocycles. The molecule has 0 amide bonds. The van der Waals surface area contributed by atoms with Crippen LogP contribution in [-0.2, 0) is 0 Å². The van der Waals surface area contributed by atoms with Gasteiger partial charge in [-0.1, -0.05) is 29.8 Å². The fourth-order valence-corrected chi connectivity index (χ4v) is 3.47. The van der Waals surface area contributed by atoms with Crippen LogP contribution < -0.4 is 15.0 Å². The summed E-state index contributed by atoms with van der Waals surface area (Å²) >= 11 is 7.67. The molecule has 0 spiro atoms. The van der Waals surface area contributed by atoms with Crippen LogP contribution in [0.2, 0.25) is 5.02 Å². The molecular weight excluding hydrogens is 346 g/mol. The van der Waals surface area contributed by atoms with Gasteiger partial charge >= 0.3 is 0 Å². The molecule has 2 aromatic carbocycles. The number of methoxy groups -OCH3 is 2. The van der Waals surface area contributed by atoms with E-state index in [-0.39, 0.29) is 5.56 Å². The molecule has 0 fully saturated rings. The Kier molecular flexibility index (Phi) is 4.73. The number of pyridine rings is 1. The Hall–Kier alpha value is -2.11. The number of halogens is 1. The normalized spacial score (nSPS) is 10.8. The zero-order valence-electron chi connectivity index (χ0n) is 13.5. The third-order valence-electron chi connectivity index (χ3n) is 3.80. The van der Waals surface area contributed by atoms with Crippen molar-refractivity contribution in [2.24, 2.45) is 0 Å². The Morgan fingerprint density at radius 1 is 1.04 bits per heavy atom. The van der Waals surface area contributed by atoms with Gasteiger partial charge < -0.3 is 9.47 Å². The number of fused-ring (bicyclic) bond motifs is 1. The Balaban J connectivity index is 2.41. The first-order chi connectivity index (χ1) is 11.6. The molecule has 24 heavy (non-hydrogen) atoms. The van der Waals surface area contributed by atoms with E-state index in [1.807, 2.05) is 36.6 Å². The van der Waals surface area contributed by atoms with Crippen LogP contribution in [-0.4, -0.2) is 25.0 Å². The summed E-state index contributed by atoms with van der Waals surface area (Å²) in [5, 5.41) is 2.79. The number of nitrogens with zero attached hydrogens (tertiary/aromatic N) is 1. The van der Waals surface area contributed by atoms with E-state index in [9.17, 15) is 4.79 Å². The minimum atomic E-state index is -0.111. The maximum absolute atomic E-state index is 13.1. The molecule has 0 N–H and O–H groups in total. The summed E-state index contributed by atoms with van der Waals surface area (Å²) in [5.74, 6) is 0.994. The highest BCUT2D eigenvalue weighted by Gasteiger charge is 2.17. The van der Waals surface area contributed by atoms with Crippen LogP contribution in [0.3, 0.4) is 0 Å². The van der Waals surface area contributed by atoms with Crippen LogP contribution >= 0.6 is 23.4 Å². The molecule has 0 bridgehead atoms. The van der Waals surface area contributed by atoms with Crippen molar-refractivity contribution in [3.8, 4) is 17.2 Å². The van der Waals surface area contributed by atoms with E-state index in [2.05, 4.69) is 0 Å². The van der Waals surface area contributed by atoms with Gasteiger partial charge in [-0.25, -0.2) is 0 Å². The van der Waals surface area contributed by atoms with Crippen molar-refractivity contribution < 1.29 is 9.47 Å². The van der Waals surface area contributed by atoms with E-state index in [4.69, 9.17) is 21.1 Å². The van der Waals surface area contributed by atoms with E-state index in [0.717, 1.165) is 10.4 Å². The van der Waals surface area contributed by atoms with Gasteiger partial charge in [-0.2, -0.15) is 0 Å². The Bertz CT molecular complexity index is 968.